The van der Waals surface area contributed by atoms with E-state index in [1.54, 1.807) is 6.92 Å². The van der Waals surface area contributed by atoms with Gasteiger partial charge in [-0.1, -0.05) is 47.0 Å². The van der Waals surface area contributed by atoms with Crippen molar-refractivity contribution in [2.24, 2.45) is 58.7 Å². The Morgan fingerprint density at radius 3 is 2.50 bits per heavy atom. The maximum absolute atomic E-state index is 13.6. The minimum atomic E-state index is -0.888. The number of hydroxylamine groups is 2. The second kappa shape index (κ2) is 16.7. The highest BCUT2D eigenvalue weighted by molar-refractivity contribution is 5.78. The number of fused-ring (bicyclic) bond motifs is 2. The molecule has 2 aliphatic heterocycles. The average Bonchev–Trinajstić information content (AvgIpc) is 3.72. The summed E-state index contributed by atoms with van der Waals surface area (Å²) in [5.41, 5.74) is 0.358. The van der Waals surface area contributed by atoms with E-state index in [9.17, 15) is 20.1 Å². The number of aliphatic hydroxyl groups is 3. The molecule has 8 fully saturated rings. The maximum atomic E-state index is 13.6. The molecule has 1 amide bonds. The molecule has 6 saturated carbocycles. The number of carbonyl (C=O) groups excluding carboxylic acids is 1. The largest absolute Gasteiger partial charge is 0.394 e. The molecule has 2 bridgehead atoms. The van der Waals surface area contributed by atoms with Crippen LogP contribution in [0, 0.1) is 58.7 Å². The molecule has 2 saturated heterocycles. The molecule has 15 atom stereocenters. The van der Waals surface area contributed by atoms with Gasteiger partial charge < -0.3 is 25.4 Å². The Kier molecular flexibility index (Phi) is 12.7. The van der Waals surface area contributed by atoms with E-state index in [4.69, 9.17) is 9.57 Å². The van der Waals surface area contributed by atoms with Gasteiger partial charge in [-0.3, -0.25) is 19.8 Å². The number of nitrogens with zero attached hydrogens (tertiary/aromatic N) is 2. The zero-order chi connectivity index (χ0) is 36.7. The maximum Gasteiger partial charge on any atom is 0.223 e. The lowest BCUT2D eigenvalue weighted by molar-refractivity contribution is -0.206. The molecule has 0 aromatic heterocycles. The van der Waals surface area contributed by atoms with E-state index < -0.39 is 30.4 Å². The van der Waals surface area contributed by atoms with Crippen molar-refractivity contribution in [1.82, 2.24) is 20.6 Å². The van der Waals surface area contributed by atoms with Crippen LogP contribution in [0.25, 0.3) is 0 Å². The normalized spacial score (nSPS) is 43.6. The molecule has 5 N–H and O–H groups in total. The Hall–Kier alpha value is -0.850. The van der Waals surface area contributed by atoms with Gasteiger partial charge in [0.25, 0.3) is 0 Å². The van der Waals surface area contributed by atoms with Crippen LogP contribution in [0.15, 0.2) is 0 Å². The van der Waals surface area contributed by atoms with Crippen LogP contribution in [-0.2, 0) is 14.4 Å². The van der Waals surface area contributed by atoms with Gasteiger partial charge in [-0.25, -0.2) is 0 Å². The average molecular weight is 731 g/mol. The summed E-state index contributed by atoms with van der Waals surface area (Å²) < 4.78 is 6.96. The lowest BCUT2D eigenvalue weighted by Gasteiger charge is -2.62. The zero-order valence-corrected chi connectivity index (χ0v) is 33.1. The van der Waals surface area contributed by atoms with Crippen molar-refractivity contribution in [3.05, 3.63) is 0 Å². The monoisotopic (exact) mass is 731 g/mol. The molecule has 10 nitrogen and oxygen atoms in total. The predicted octanol–water partition coefficient (Wildman–Crippen LogP) is 4.56. The van der Waals surface area contributed by atoms with Crippen molar-refractivity contribution in [3.63, 3.8) is 0 Å². The van der Waals surface area contributed by atoms with Crippen LogP contribution in [-0.4, -0.2) is 113 Å². The fourth-order valence-electron chi connectivity index (χ4n) is 12.5. The summed E-state index contributed by atoms with van der Waals surface area (Å²) >= 11 is 0. The number of hydrogen-bond acceptors (Lipinski definition) is 9. The second-order valence-electron chi connectivity index (χ2n) is 19.3. The van der Waals surface area contributed by atoms with E-state index >= 15 is 0 Å². The summed E-state index contributed by atoms with van der Waals surface area (Å²) in [6, 6.07) is 0.206. The quantitative estimate of drug-likeness (QED) is 0.154. The highest BCUT2D eigenvalue weighted by atomic mass is 16.7. The van der Waals surface area contributed by atoms with E-state index in [-0.39, 0.29) is 36.5 Å². The van der Waals surface area contributed by atoms with E-state index in [0.717, 1.165) is 77.6 Å². The fourth-order valence-corrected chi connectivity index (χ4v) is 12.5. The van der Waals surface area contributed by atoms with Crippen molar-refractivity contribution in [2.75, 3.05) is 39.4 Å². The molecule has 0 radical (unpaired) electrons. The summed E-state index contributed by atoms with van der Waals surface area (Å²) in [7, 11) is 0. The molecule has 8 aliphatic rings. The molecule has 6 aliphatic carbocycles. The van der Waals surface area contributed by atoms with Gasteiger partial charge >= 0.3 is 0 Å². The molecule has 8 rings (SSSR count). The van der Waals surface area contributed by atoms with Gasteiger partial charge in [0.05, 0.1) is 24.9 Å². The topological polar surface area (TPSA) is 127 Å². The molecule has 10 heteroatoms. The van der Waals surface area contributed by atoms with Crippen LogP contribution < -0.4 is 10.6 Å². The van der Waals surface area contributed by atoms with Crippen LogP contribution in [0.5, 0.6) is 0 Å². The Morgan fingerprint density at radius 1 is 1.02 bits per heavy atom. The van der Waals surface area contributed by atoms with Crippen LogP contribution in [0.1, 0.15) is 118 Å². The summed E-state index contributed by atoms with van der Waals surface area (Å²) in [4.78, 5) is 22.6. The Bertz CT molecular complexity index is 1190. The van der Waals surface area contributed by atoms with E-state index in [1.807, 2.05) is 5.06 Å². The number of carbonyl (C=O) groups is 1. The van der Waals surface area contributed by atoms with Gasteiger partial charge in [0.2, 0.25) is 5.91 Å². The first-order valence-electron chi connectivity index (χ1n) is 21.8. The zero-order valence-electron chi connectivity index (χ0n) is 33.1. The van der Waals surface area contributed by atoms with Crippen molar-refractivity contribution < 1.29 is 29.7 Å². The van der Waals surface area contributed by atoms with Gasteiger partial charge in [-0.2, -0.15) is 5.06 Å². The van der Waals surface area contributed by atoms with Crippen molar-refractivity contribution in [2.45, 2.75) is 161 Å². The fraction of sp³-hybridized carbons (Fsp3) is 0.976. The van der Waals surface area contributed by atoms with Crippen molar-refractivity contribution in [3.8, 4) is 0 Å². The first kappa shape index (κ1) is 39.4. The first-order valence-corrected chi connectivity index (χ1v) is 21.8. The lowest BCUT2D eigenvalue weighted by atomic mass is 9.44. The van der Waals surface area contributed by atoms with Crippen LogP contribution >= 0.6 is 0 Å². The molecule has 52 heavy (non-hydrogen) atoms. The lowest BCUT2D eigenvalue weighted by Crippen LogP contribution is -2.63. The van der Waals surface area contributed by atoms with Gasteiger partial charge in [0.1, 0.15) is 12.3 Å². The molecule has 0 aromatic carbocycles. The molecule has 2 heterocycles. The van der Waals surface area contributed by atoms with E-state index in [1.165, 1.54) is 32.1 Å². The summed E-state index contributed by atoms with van der Waals surface area (Å²) in [6.45, 7) is 15.3. The van der Waals surface area contributed by atoms with E-state index in [0.29, 0.717) is 53.5 Å². The van der Waals surface area contributed by atoms with Gasteiger partial charge in [0, 0.05) is 49.5 Å². The third-order valence-electron chi connectivity index (χ3n) is 16.0. The van der Waals surface area contributed by atoms with Gasteiger partial charge in [-0.15, -0.1) is 0 Å². The number of likely N-dealkylation sites (N-methyl/N-ethyl adjacent to an activating group) is 1. The number of nitrogens with one attached hydrogen (secondary N) is 2. The van der Waals surface area contributed by atoms with Gasteiger partial charge in [-0.05, 0) is 125 Å². The standard InChI is InChI=1S/C42H74N4O6/c1-6-45-17-9-13-32(45)21-43-40(49)29-11-7-10-28(18-29)33-14-8-12-30(39(33)51-24-27-15-16-27)22-46-38(37(26(3)48)36(23-47)52-46)41(50)44-35-20-31-19-34(25(35)2)42(31,4)5/h25-39,41,44,47-48,50H,6-24H2,1-5H3,(H,43,49)/t25-,26-,28?,29?,30?,31+,32-,33?,34-,35-,36-,37+,38-,39?,41?/m0/s1. The molecule has 6 unspecified atom stereocenters. The second-order valence-corrected chi connectivity index (χ2v) is 19.3. The third-order valence-corrected chi connectivity index (χ3v) is 16.0. The molecule has 0 spiro atoms. The number of ether oxygens (including phenoxy) is 1. The van der Waals surface area contributed by atoms with E-state index in [2.05, 4.69) is 43.2 Å². The van der Waals surface area contributed by atoms with Crippen LogP contribution in [0.3, 0.4) is 0 Å². The number of likely N-dealkylation sites (tertiary alicyclic amines) is 1. The van der Waals surface area contributed by atoms with Crippen LogP contribution in [0.4, 0.5) is 0 Å². The Morgan fingerprint density at radius 2 is 1.81 bits per heavy atom. The van der Waals surface area contributed by atoms with Crippen molar-refractivity contribution in [1.29, 1.82) is 0 Å². The minimum absolute atomic E-state index is 0.0676. The highest BCUT2D eigenvalue weighted by Crippen LogP contribution is 2.61. The minimum Gasteiger partial charge on any atom is -0.394 e. The molecular weight excluding hydrogens is 656 g/mol. The third kappa shape index (κ3) is 8.16. The first-order chi connectivity index (χ1) is 25.0. The summed E-state index contributed by atoms with van der Waals surface area (Å²) in [5, 5.41) is 42.5. The summed E-state index contributed by atoms with van der Waals surface area (Å²) in [5.74, 6) is 3.38. The number of amides is 1. The Labute approximate surface area is 314 Å². The SMILES string of the molecule is CCN1CCC[C@H]1CNC(=O)C1CCCC(C2CCCC(CN3O[C@@H](CO)[C@@H]([C@H](C)O)[C@H]3C(O)N[C@H]3C[C@H]4C[C@@H]([C@@H]3C)C4(C)C)C2OCC2CC2)C1. The van der Waals surface area contributed by atoms with Crippen LogP contribution in [0.2, 0.25) is 0 Å². The molecular formula is C42H74N4O6. The van der Waals surface area contributed by atoms with Gasteiger partial charge in [0.15, 0.2) is 0 Å². The Balaban J connectivity index is 1.04. The number of aliphatic hydroxyl groups excluding tert-OH is 3. The number of hydrogen-bond donors (Lipinski definition) is 5. The smallest absolute Gasteiger partial charge is 0.223 e. The number of rotatable bonds is 15. The molecule has 0 aromatic rings. The van der Waals surface area contributed by atoms with Crippen molar-refractivity contribution >= 4 is 5.91 Å². The molecule has 298 valence electrons. The predicted molar refractivity (Wildman–Crippen MR) is 202 cm³/mol. The summed E-state index contributed by atoms with van der Waals surface area (Å²) in [6.07, 6.45) is 12.5. The highest BCUT2D eigenvalue weighted by Gasteiger charge is 2.57.